The molecular formula is C16H11N3O3. The number of oxazole rings is 1. The third-order valence-electron chi connectivity index (χ3n) is 3.63. The number of hydrogen-bond donors (Lipinski definition) is 1. The van der Waals surface area contributed by atoms with Crippen LogP contribution in [0.2, 0.25) is 0 Å². The molecule has 0 unspecified atom stereocenters. The van der Waals surface area contributed by atoms with E-state index >= 15 is 0 Å². The van der Waals surface area contributed by atoms with E-state index in [1.54, 1.807) is 42.5 Å². The zero-order valence-electron chi connectivity index (χ0n) is 11.4. The van der Waals surface area contributed by atoms with Gasteiger partial charge in [-0.2, -0.15) is 0 Å². The molecule has 6 heteroatoms. The Hall–Kier alpha value is -3.15. The van der Waals surface area contributed by atoms with Gasteiger partial charge in [-0.1, -0.05) is 12.1 Å². The van der Waals surface area contributed by atoms with E-state index in [1.807, 2.05) is 0 Å². The number of hydrogen-bond acceptors (Lipinski definition) is 5. The molecule has 1 aliphatic heterocycles. The first-order valence-electron chi connectivity index (χ1n) is 6.73. The topological polar surface area (TPSA) is 89.4 Å². The maximum atomic E-state index is 12.3. The van der Waals surface area contributed by atoms with Gasteiger partial charge in [0.05, 0.1) is 11.1 Å². The van der Waals surface area contributed by atoms with Gasteiger partial charge in [-0.05, 0) is 24.3 Å². The first-order valence-corrected chi connectivity index (χ1v) is 6.73. The smallest absolute Gasteiger partial charge is 0.262 e. The van der Waals surface area contributed by atoms with Crippen LogP contribution >= 0.6 is 0 Å². The number of imide groups is 1. The molecule has 3 aromatic rings. The van der Waals surface area contributed by atoms with Gasteiger partial charge in [0.1, 0.15) is 12.1 Å². The minimum Gasteiger partial charge on any atom is -0.439 e. The predicted molar refractivity (Wildman–Crippen MR) is 79.1 cm³/mol. The van der Waals surface area contributed by atoms with E-state index in [0.717, 1.165) is 4.90 Å². The van der Waals surface area contributed by atoms with E-state index < -0.39 is 0 Å². The fourth-order valence-corrected chi connectivity index (χ4v) is 2.57. The number of carbonyl (C=O) groups excluding carboxylic acids is 2. The van der Waals surface area contributed by atoms with Crippen molar-refractivity contribution in [2.75, 3.05) is 5.73 Å². The SMILES string of the molecule is Nc1ccc2nc(CN3C(=O)c4ccccc4C3=O)oc2c1. The molecule has 4 rings (SSSR count). The number of amides is 2. The van der Waals surface area contributed by atoms with Crippen molar-refractivity contribution in [3.8, 4) is 0 Å². The predicted octanol–water partition coefficient (Wildman–Crippen LogP) is 2.21. The number of carbonyl (C=O) groups is 2. The molecule has 2 N–H and O–H groups in total. The van der Waals surface area contributed by atoms with Crippen LogP contribution < -0.4 is 5.73 Å². The highest BCUT2D eigenvalue weighted by molar-refractivity contribution is 6.21. The van der Waals surface area contributed by atoms with Gasteiger partial charge in [0.25, 0.3) is 11.8 Å². The molecule has 0 saturated heterocycles. The second kappa shape index (κ2) is 4.42. The van der Waals surface area contributed by atoms with Gasteiger partial charge >= 0.3 is 0 Å². The van der Waals surface area contributed by atoms with Gasteiger partial charge in [-0.15, -0.1) is 0 Å². The van der Waals surface area contributed by atoms with Crippen molar-refractivity contribution in [2.24, 2.45) is 0 Å². The third kappa shape index (κ3) is 1.77. The summed E-state index contributed by atoms with van der Waals surface area (Å²) >= 11 is 0. The quantitative estimate of drug-likeness (QED) is 0.578. The number of fused-ring (bicyclic) bond motifs is 2. The Kier molecular flexibility index (Phi) is 2.53. The number of nitrogens with zero attached hydrogens (tertiary/aromatic N) is 2. The van der Waals surface area contributed by atoms with E-state index in [2.05, 4.69) is 4.98 Å². The highest BCUT2D eigenvalue weighted by atomic mass is 16.3. The molecule has 0 fully saturated rings. The fourth-order valence-electron chi connectivity index (χ4n) is 2.57. The number of nitrogen functional groups attached to an aromatic ring is 1. The summed E-state index contributed by atoms with van der Waals surface area (Å²) in [5, 5.41) is 0. The van der Waals surface area contributed by atoms with Crippen molar-refractivity contribution in [1.82, 2.24) is 9.88 Å². The zero-order valence-corrected chi connectivity index (χ0v) is 11.4. The van der Waals surface area contributed by atoms with Crippen LogP contribution in [-0.4, -0.2) is 21.7 Å². The van der Waals surface area contributed by atoms with Crippen LogP contribution in [-0.2, 0) is 6.54 Å². The minimum atomic E-state index is -0.331. The molecule has 0 spiro atoms. The molecule has 2 heterocycles. The molecule has 0 atom stereocenters. The van der Waals surface area contributed by atoms with Crippen LogP contribution in [0.4, 0.5) is 5.69 Å². The number of aromatic nitrogens is 1. The maximum Gasteiger partial charge on any atom is 0.262 e. The first kappa shape index (κ1) is 12.6. The Morgan fingerprint density at radius 1 is 1.05 bits per heavy atom. The van der Waals surface area contributed by atoms with Crippen LogP contribution in [0.1, 0.15) is 26.6 Å². The van der Waals surface area contributed by atoms with E-state index in [9.17, 15) is 9.59 Å². The van der Waals surface area contributed by atoms with Gasteiger partial charge in [0.15, 0.2) is 5.58 Å². The molecule has 0 saturated carbocycles. The van der Waals surface area contributed by atoms with Gasteiger partial charge in [-0.3, -0.25) is 14.5 Å². The van der Waals surface area contributed by atoms with E-state index in [1.165, 1.54) is 0 Å². The van der Waals surface area contributed by atoms with Gasteiger partial charge in [-0.25, -0.2) is 4.98 Å². The van der Waals surface area contributed by atoms with Crippen molar-refractivity contribution in [1.29, 1.82) is 0 Å². The monoisotopic (exact) mass is 293 g/mol. The molecule has 1 aromatic heterocycles. The number of rotatable bonds is 2. The fraction of sp³-hybridized carbons (Fsp3) is 0.0625. The minimum absolute atomic E-state index is 0.000924. The molecular weight excluding hydrogens is 282 g/mol. The van der Waals surface area contributed by atoms with E-state index in [4.69, 9.17) is 10.2 Å². The van der Waals surface area contributed by atoms with Crippen molar-refractivity contribution in [3.05, 3.63) is 59.5 Å². The summed E-state index contributed by atoms with van der Waals surface area (Å²) in [6, 6.07) is 11.9. The summed E-state index contributed by atoms with van der Waals surface area (Å²) in [6.07, 6.45) is 0. The Labute approximate surface area is 125 Å². The van der Waals surface area contributed by atoms with Crippen LogP contribution in [0.15, 0.2) is 46.9 Å². The maximum absolute atomic E-state index is 12.3. The average Bonchev–Trinajstić information content (AvgIpc) is 3.02. The van der Waals surface area contributed by atoms with Crippen molar-refractivity contribution in [3.63, 3.8) is 0 Å². The largest absolute Gasteiger partial charge is 0.439 e. The molecule has 2 aromatic carbocycles. The summed E-state index contributed by atoms with van der Waals surface area (Å²) in [7, 11) is 0. The Morgan fingerprint density at radius 3 is 2.41 bits per heavy atom. The number of anilines is 1. The summed E-state index contributed by atoms with van der Waals surface area (Å²) in [4.78, 5) is 30.0. The third-order valence-corrected chi connectivity index (χ3v) is 3.63. The summed E-state index contributed by atoms with van der Waals surface area (Å²) in [6.45, 7) is 0.000924. The molecule has 2 amide bonds. The Morgan fingerprint density at radius 2 is 1.73 bits per heavy atom. The Bertz CT molecular complexity index is 894. The van der Waals surface area contributed by atoms with Crippen LogP contribution in [0, 0.1) is 0 Å². The lowest BCUT2D eigenvalue weighted by atomic mass is 10.1. The lowest BCUT2D eigenvalue weighted by Gasteiger charge is -2.10. The average molecular weight is 293 g/mol. The Balaban J connectivity index is 1.69. The van der Waals surface area contributed by atoms with Gasteiger partial charge in [0.2, 0.25) is 5.89 Å². The van der Waals surface area contributed by atoms with Crippen molar-refractivity contribution in [2.45, 2.75) is 6.54 Å². The number of nitrogens with two attached hydrogens (primary N) is 1. The number of benzene rings is 2. The summed E-state index contributed by atoms with van der Waals surface area (Å²) in [5.74, 6) is -0.361. The van der Waals surface area contributed by atoms with E-state index in [0.29, 0.717) is 33.8 Å². The van der Waals surface area contributed by atoms with Crippen molar-refractivity contribution >= 4 is 28.6 Å². The zero-order chi connectivity index (χ0) is 15.3. The molecule has 108 valence electrons. The molecule has 0 aliphatic carbocycles. The van der Waals surface area contributed by atoms with Crippen LogP contribution in [0.3, 0.4) is 0 Å². The normalized spacial score (nSPS) is 13.9. The lowest BCUT2D eigenvalue weighted by Crippen LogP contribution is -2.29. The highest BCUT2D eigenvalue weighted by Crippen LogP contribution is 2.25. The molecule has 0 radical (unpaired) electrons. The van der Waals surface area contributed by atoms with Gasteiger partial charge in [0, 0.05) is 11.8 Å². The first-order chi connectivity index (χ1) is 10.6. The van der Waals surface area contributed by atoms with Crippen molar-refractivity contribution < 1.29 is 14.0 Å². The second-order valence-corrected chi connectivity index (χ2v) is 5.08. The highest BCUT2D eigenvalue weighted by Gasteiger charge is 2.35. The second-order valence-electron chi connectivity index (χ2n) is 5.08. The van der Waals surface area contributed by atoms with E-state index in [-0.39, 0.29) is 18.4 Å². The standard InChI is InChI=1S/C16H11N3O3/c17-9-5-6-12-13(7-9)22-14(18-12)8-19-15(20)10-3-1-2-4-11(10)16(19)21/h1-7H,8,17H2. The molecule has 1 aliphatic rings. The molecule has 0 bridgehead atoms. The summed E-state index contributed by atoms with van der Waals surface area (Å²) < 4.78 is 5.57. The summed E-state index contributed by atoms with van der Waals surface area (Å²) in [5.41, 5.74) is 8.25. The molecule has 6 nitrogen and oxygen atoms in total. The lowest BCUT2D eigenvalue weighted by molar-refractivity contribution is 0.0629. The molecule has 22 heavy (non-hydrogen) atoms. The van der Waals surface area contributed by atoms with Crippen LogP contribution in [0.25, 0.3) is 11.1 Å². The van der Waals surface area contributed by atoms with Gasteiger partial charge < -0.3 is 10.2 Å². The van der Waals surface area contributed by atoms with Crippen LogP contribution in [0.5, 0.6) is 0 Å².